The second-order valence-electron chi connectivity index (χ2n) is 7.55. The van der Waals surface area contributed by atoms with E-state index in [0.717, 1.165) is 37.0 Å². The molecule has 3 aromatic rings. The first-order chi connectivity index (χ1) is 15.9. The summed E-state index contributed by atoms with van der Waals surface area (Å²) in [5.74, 6) is -0.625. The normalized spacial score (nSPS) is 14.4. The first-order valence-corrected chi connectivity index (χ1v) is 12.8. The van der Waals surface area contributed by atoms with Gasteiger partial charge in [0, 0.05) is 18.7 Å². The number of amides is 2. The Balaban J connectivity index is 1.50. The van der Waals surface area contributed by atoms with Crippen LogP contribution in [0.5, 0.6) is 0 Å². The Morgan fingerprint density at radius 3 is 2.27 bits per heavy atom. The van der Waals surface area contributed by atoms with Crippen LogP contribution in [0.15, 0.2) is 58.9 Å². The number of benzene rings is 2. The van der Waals surface area contributed by atoms with Crippen LogP contribution in [-0.4, -0.2) is 48.4 Å². The van der Waals surface area contributed by atoms with Crippen molar-refractivity contribution in [2.75, 3.05) is 23.1 Å². The maximum atomic E-state index is 13.1. The van der Waals surface area contributed by atoms with Crippen LogP contribution in [0.25, 0.3) is 0 Å². The van der Waals surface area contributed by atoms with E-state index in [0.29, 0.717) is 18.7 Å². The summed E-state index contributed by atoms with van der Waals surface area (Å²) in [7, 11) is -4.11. The maximum Gasteiger partial charge on any atom is 0.291 e. The summed E-state index contributed by atoms with van der Waals surface area (Å²) in [5, 5.41) is 10.1. The molecule has 1 fully saturated rings. The van der Waals surface area contributed by atoms with Crippen LogP contribution in [0, 0.1) is 0 Å². The van der Waals surface area contributed by atoms with E-state index in [2.05, 4.69) is 20.2 Å². The summed E-state index contributed by atoms with van der Waals surface area (Å²) < 4.78 is 28.0. The molecule has 0 saturated carbocycles. The van der Waals surface area contributed by atoms with Gasteiger partial charge in [-0.15, -0.1) is 10.2 Å². The zero-order chi connectivity index (χ0) is 23.3. The van der Waals surface area contributed by atoms with Crippen molar-refractivity contribution >= 4 is 44.0 Å². The summed E-state index contributed by atoms with van der Waals surface area (Å²) in [6.45, 7) is 1.31. The minimum Gasteiger partial charge on any atom is -0.339 e. The number of hydrogen-bond acceptors (Lipinski definition) is 7. The van der Waals surface area contributed by atoms with E-state index >= 15 is 0 Å². The van der Waals surface area contributed by atoms with E-state index in [-0.39, 0.29) is 26.6 Å². The minimum absolute atomic E-state index is 0.0538. The molecule has 0 bridgehead atoms. The predicted octanol–water partition coefficient (Wildman–Crippen LogP) is 3.61. The lowest BCUT2D eigenvalue weighted by Crippen LogP contribution is -2.32. The SMILES string of the molecule is O=C(Nc1nnc(S(=O)(=O)Nc2ccccc2C(=O)N2CCCCCC2)s1)c1ccccc1. The molecule has 0 atom stereocenters. The lowest BCUT2D eigenvalue weighted by Gasteiger charge is -2.22. The number of likely N-dealkylation sites (tertiary alicyclic amines) is 1. The van der Waals surface area contributed by atoms with Gasteiger partial charge < -0.3 is 4.90 Å². The Hall–Kier alpha value is -3.31. The average Bonchev–Trinajstić information content (AvgIpc) is 3.13. The highest BCUT2D eigenvalue weighted by Crippen LogP contribution is 2.26. The van der Waals surface area contributed by atoms with Gasteiger partial charge in [-0.05, 0) is 37.1 Å². The highest BCUT2D eigenvalue weighted by Gasteiger charge is 2.25. The molecular formula is C22H23N5O4S2. The number of para-hydroxylation sites is 1. The van der Waals surface area contributed by atoms with E-state index in [9.17, 15) is 18.0 Å². The van der Waals surface area contributed by atoms with Crippen LogP contribution < -0.4 is 10.0 Å². The molecule has 1 aliphatic heterocycles. The molecule has 9 nitrogen and oxygen atoms in total. The summed E-state index contributed by atoms with van der Waals surface area (Å²) in [6.07, 6.45) is 4.03. The van der Waals surface area contributed by atoms with Gasteiger partial charge in [-0.25, -0.2) is 0 Å². The number of sulfonamides is 1. The zero-order valence-electron chi connectivity index (χ0n) is 17.7. The predicted molar refractivity (Wildman–Crippen MR) is 126 cm³/mol. The third-order valence-corrected chi connectivity index (χ3v) is 7.76. The first-order valence-electron chi connectivity index (χ1n) is 10.5. The van der Waals surface area contributed by atoms with Gasteiger partial charge in [0.05, 0.1) is 11.3 Å². The first kappa shape index (κ1) is 22.9. The fraction of sp³-hybridized carbons (Fsp3) is 0.273. The van der Waals surface area contributed by atoms with Gasteiger partial charge in [-0.2, -0.15) is 8.42 Å². The van der Waals surface area contributed by atoms with Crippen molar-refractivity contribution in [3.63, 3.8) is 0 Å². The third-order valence-electron chi connectivity index (χ3n) is 5.19. The quantitative estimate of drug-likeness (QED) is 0.515. The fourth-order valence-electron chi connectivity index (χ4n) is 3.52. The molecule has 11 heteroatoms. The molecule has 1 saturated heterocycles. The fourth-order valence-corrected chi connectivity index (χ4v) is 5.50. The standard InChI is InChI=1S/C22H23N5O4S2/c28-19(16-10-4-3-5-11-16)23-21-24-25-22(32-21)33(30,31)26-18-13-7-6-12-17(18)20(29)27-14-8-1-2-9-15-27/h3-7,10-13,26H,1-2,8-9,14-15H2,(H,23,24,28). The number of aromatic nitrogens is 2. The minimum atomic E-state index is -4.11. The number of anilines is 2. The lowest BCUT2D eigenvalue weighted by atomic mass is 10.1. The van der Waals surface area contributed by atoms with Gasteiger partial charge in [0.25, 0.3) is 26.2 Å². The Morgan fingerprint density at radius 1 is 0.879 bits per heavy atom. The van der Waals surface area contributed by atoms with Crippen molar-refractivity contribution < 1.29 is 18.0 Å². The molecule has 0 aliphatic carbocycles. The maximum absolute atomic E-state index is 13.1. The van der Waals surface area contributed by atoms with Crippen LogP contribution in [-0.2, 0) is 10.0 Å². The number of nitrogens with zero attached hydrogens (tertiary/aromatic N) is 3. The van der Waals surface area contributed by atoms with Crippen LogP contribution in [0.2, 0.25) is 0 Å². The Morgan fingerprint density at radius 2 is 1.55 bits per heavy atom. The van der Waals surface area contributed by atoms with Gasteiger partial charge in [-0.3, -0.25) is 19.6 Å². The van der Waals surface area contributed by atoms with Crippen LogP contribution in [0.3, 0.4) is 0 Å². The Labute approximate surface area is 195 Å². The molecule has 33 heavy (non-hydrogen) atoms. The van der Waals surface area contributed by atoms with Crippen LogP contribution >= 0.6 is 11.3 Å². The largest absolute Gasteiger partial charge is 0.339 e. The molecule has 0 unspecified atom stereocenters. The molecule has 1 aromatic heterocycles. The highest BCUT2D eigenvalue weighted by atomic mass is 32.2. The zero-order valence-corrected chi connectivity index (χ0v) is 19.4. The lowest BCUT2D eigenvalue weighted by molar-refractivity contribution is 0.0762. The van der Waals surface area contributed by atoms with Crippen molar-refractivity contribution in [1.82, 2.24) is 15.1 Å². The molecule has 4 rings (SSSR count). The molecule has 2 aromatic carbocycles. The van der Waals surface area contributed by atoms with Gasteiger partial charge >= 0.3 is 0 Å². The monoisotopic (exact) mass is 485 g/mol. The van der Waals surface area contributed by atoms with E-state index < -0.39 is 15.9 Å². The molecule has 0 spiro atoms. The second-order valence-corrected chi connectivity index (χ2v) is 10.4. The topological polar surface area (TPSA) is 121 Å². The molecule has 1 aliphatic rings. The number of nitrogens with one attached hydrogen (secondary N) is 2. The Kier molecular flexibility index (Phi) is 6.99. The number of carbonyl (C=O) groups excluding carboxylic acids is 2. The molecule has 0 radical (unpaired) electrons. The van der Waals surface area contributed by atoms with Crippen molar-refractivity contribution in [3.05, 3.63) is 65.7 Å². The van der Waals surface area contributed by atoms with Crippen LogP contribution in [0.1, 0.15) is 46.4 Å². The van der Waals surface area contributed by atoms with Crippen molar-refractivity contribution in [2.45, 2.75) is 30.0 Å². The van der Waals surface area contributed by atoms with Gasteiger partial charge in [0.2, 0.25) is 5.13 Å². The van der Waals surface area contributed by atoms with Gasteiger partial charge in [-0.1, -0.05) is 54.5 Å². The smallest absolute Gasteiger partial charge is 0.291 e. The molecule has 172 valence electrons. The summed E-state index contributed by atoms with van der Waals surface area (Å²) in [4.78, 5) is 27.1. The third kappa shape index (κ3) is 5.55. The van der Waals surface area contributed by atoms with E-state index in [1.165, 1.54) is 0 Å². The van der Waals surface area contributed by atoms with Crippen molar-refractivity contribution in [1.29, 1.82) is 0 Å². The number of carbonyl (C=O) groups is 2. The van der Waals surface area contributed by atoms with E-state index in [1.54, 1.807) is 59.5 Å². The Bertz CT molecular complexity index is 1240. The van der Waals surface area contributed by atoms with Crippen molar-refractivity contribution in [2.24, 2.45) is 0 Å². The average molecular weight is 486 g/mol. The summed E-state index contributed by atoms with van der Waals surface area (Å²) >= 11 is 0.727. The van der Waals surface area contributed by atoms with Crippen LogP contribution in [0.4, 0.5) is 10.8 Å². The van der Waals surface area contributed by atoms with Crippen molar-refractivity contribution in [3.8, 4) is 0 Å². The summed E-state index contributed by atoms with van der Waals surface area (Å²) in [6, 6.07) is 15.0. The molecule has 2 heterocycles. The van der Waals surface area contributed by atoms with E-state index in [1.807, 2.05) is 0 Å². The molecular weight excluding hydrogens is 462 g/mol. The molecule has 2 N–H and O–H groups in total. The van der Waals surface area contributed by atoms with Gasteiger partial charge in [0.15, 0.2) is 0 Å². The number of hydrogen-bond donors (Lipinski definition) is 2. The summed E-state index contributed by atoms with van der Waals surface area (Å²) in [5.41, 5.74) is 0.873. The highest BCUT2D eigenvalue weighted by molar-refractivity contribution is 7.94. The van der Waals surface area contributed by atoms with Gasteiger partial charge in [0.1, 0.15) is 0 Å². The second kappa shape index (κ2) is 10.1. The number of rotatable bonds is 6. The molecule has 2 amide bonds. The van der Waals surface area contributed by atoms with E-state index in [4.69, 9.17) is 0 Å².